The molecule has 1 N–H and O–H groups in total. The number of methoxy groups -OCH3 is 1. The van der Waals surface area contributed by atoms with Crippen LogP contribution in [0.25, 0.3) is 0 Å². The van der Waals surface area contributed by atoms with E-state index in [1.54, 1.807) is 0 Å². The van der Waals surface area contributed by atoms with Crippen molar-refractivity contribution in [3.8, 4) is 5.75 Å². The van der Waals surface area contributed by atoms with Crippen LogP contribution in [0.5, 0.6) is 5.75 Å². The maximum atomic E-state index is 14.4. The molecule has 1 heterocycles. The van der Waals surface area contributed by atoms with Gasteiger partial charge in [-0.1, -0.05) is 13.8 Å². The third-order valence-corrected chi connectivity index (χ3v) is 4.11. The topological polar surface area (TPSA) is 30.5 Å². The Hall–Kier alpha value is -1.20. The second kappa shape index (κ2) is 7.18. The summed E-state index contributed by atoms with van der Waals surface area (Å²) < 4.78 is 39.3. The smallest absolute Gasteiger partial charge is 0.134 e. The molecule has 0 radical (unpaired) electrons. The lowest BCUT2D eigenvalue weighted by Crippen LogP contribution is -2.34. The number of nitrogens with one attached hydrogen (secondary N) is 1. The van der Waals surface area contributed by atoms with Gasteiger partial charge in [0, 0.05) is 36.3 Å². The van der Waals surface area contributed by atoms with E-state index in [4.69, 9.17) is 9.47 Å². The van der Waals surface area contributed by atoms with Crippen molar-refractivity contribution in [2.24, 2.45) is 5.92 Å². The van der Waals surface area contributed by atoms with Gasteiger partial charge in [0.15, 0.2) is 0 Å². The van der Waals surface area contributed by atoms with Gasteiger partial charge in [-0.3, -0.25) is 0 Å². The van der Waals surface area contributed by atoms with Crippen molar-refractivity contribution >= 4 is 0 Å². The lowest BCUT2D eigenvalue weighted by atomic mass is 9.86. The Labute approximate surface area is 124 Å². The number of rotatable bonds is 6. The van der Waals surface area contributed by atoms with Gasteiger partial charge in [-0.25, -0.2) is 8.78 Å². The Morgan fingerprint density at radius 3 is 2.52 bits per heavy atom. The molecule has 3 unspecified atom stereocenters. The molecule has 3 nitrogen and oxygen atoms in total. The first-order valence-corrected chi connectivity index (χ1v) is 7.50. The Kier molecular flexibility index (Phi) is 5.53. The van der Waals surface area contributed by atoms with E-state index in [2.05, 4.69) is 5.32 Å². The minimum Gasteiger partial charge on any atom is -0.497 e. The van der Waals surface area contributed by atoms with Crippen molar-refractivity contribution in [3.05, 3.63) is 29.3 Å². The highest BCUT2D eigenvalue weighted by Crippen LogP contribution is 2.37. The molecule has 1 fully saturated rings. The maximum Gasteiger partial charge on any atom is 0.134 e. The lowest BCUT2D eigenvalue weighted by molar-refractivity contribution is 0.0767. The highest BCUT2D eigenvalue weighted by molar-refractivity contribution is 5.33. The van der Waals surface area contributed by atoms with Crippen LogP contribution in [-0.2, 0) is 4.74 Å². The molecule has 3 atom stereocenters. The van der Waals surface area contributed by atoms with Crippen LogP contribution in [0.3, 0.4) is 0 Å². The van der Waals surface area contributed by atoms with E-state index in [9.17, 15) is 8.78 Å². The molecule has 0 amide bonds. The van der Waals surface area contributed by atoms with Crippen molar-refractivity contribution in [2.45, 2.75) is 38.8 Å². The average molecular weight is 299 g/mol. The predicted octanol–water partition coefficient (Wildman–Crippen LogP) is 3.44. The molecule has 21 heavy (non-hydrogen) atoms. The van der Waals surface area contributed by atoms with E-state index in [1.165, 1.54) is 19.2 Å². The highest BCUT2D eigenvalue weighted by atomic mass is 19.1. The quantitative estimate of drug-likeness (QED) is 0.873. The fraction of sp³-hybridized carbons (Fsp3) is 0.625. The van der Waals surface area contributed by atoms with Crippen LogP contribution in [0.1, 0.15) is 38.3 Å². The minimum atomic E-state index is -0.570. The van der Waals surface area contributed by atoms with Gasteiger partial charge in [0.25, 0.3) is 0 Å². The Morgan fingerprint density at radius 1 is 1.33 bits per heavy atom. The van der Waals surface area contributed by atoms with Crippen LogP contribution in [0.2, 0.25) is 0 Å². The zero-order valence-electron chi connectivity index (χ0n) is 12.8. The Balaban J connectivity index is 2.38. The highest BCUT2D eigenvalue weighted by Gasteiger charge is 2.36. The standard InChI is InChI=1S/C16H23F2NO2/c1-4-14-11(6-7-21-14)16(19-5-2)15-12(17)8-10(20-3)9-13(15)18/h8-9,11,14,16,19H,4-7H2,1-3H3. The summed E-state index contributed by atoms with van der Waals surface area (Å²) in [5, 5.41) is 3.22. The van der Waals surface area contributed by atoms with Gasteiger partial charge in [0.1, 0.15) is 17.4 Å². The number of hydrogen-bond acceptors (Lipinski definition) is 3. The van der Waals surface area contributed by atoms with Crippen LogP contribution in [0.4, 0.5) is 8.78 Å². The fourth-order valence-corrected chi connectivity index (χ4v) is 3.13. The Morgan fingerprint density at radius 2 is 2.00 bits per heavy atom. The summed E-state index contributed by atoms with van der Waals surface area (Å²) in [6.07, 6.45) is 1.68. The maximum absolute atomic E-state index is 14.4. The first-order valence-electron chi connectivity index (χ1n) is 7.50. The molecule has 1 aromatic rings. The average Bonchev–Trinajstić information content (AvgIpc) is 2.93. The van der Waals surface area contributed by atoms with Crippen LogP contribution in [0, 0.1) is 17.6 Å². The molecule has 0 bridgehead atoms. The third kappa shape index (κ3) is 3.35. The van der Waals surface area contributed by atoms with Gasteiger partial charge < -0.3 is 14.8 Å². The molecule has 1 aliphatic rings. The van der Waals surface area contributed by atoms with E-state index < -0.39 is 11.6 Å². The van der Waals surface area contributed by atoms with Crippen LogP contribution in [0.15, 0.2) is 12.1 Å². The Bertz CT molecular complexity index is 458. The van der Waals surface area contributed by atoms with Gasteiger partial charge in [-0.2, -0.15) is 0 Å². The molecule has 118 valence electrons. The van der Waals surface area contributed by atoms with Crippen molar-refractivity contribution in [1.29, 1.82) is 0 Å². The SMILES string of the molecule is CCNC(c1c(F)cc(OC)cc1F)C1CCOC1CC. The summed E-state index contributed by atoms with van der Waals surface area (Å²) in [6, 6.07) is 2.09. The first-order chi connectivity index (χ1) is 10.1. The summed E-state index contributed by atoms with van der Waals surface area (Å²) in [5.41, 5.74) is 0.0894. The van der Waals surface area contributed by atoms with E-state index >= 15 is 0 Å². The molecule has 2 rings (SSSR count). The molecule has 0 saturated carbocycles. The van der Waals surface area contributed by atoms with Crippen molar-refractivity contribution < 1.29 is 18.3 Å². The van der Waals surface area contributed by atoms with Gasteiger partial charge in [-0.15, -0.1) is 0 Å². The molecule has 1 aliphatic heterocycles. The second-order valence-electron chi connectivity index (χ2n) is 5.31. The summed E-state index contributed by atoms with van der Waals surface area (Å²) in [7, 11) is 1.40. The molecular weight excluding hydrogens is 276 g/mol. The van der Waals surface area contributed by atoms with Crippen LogP contribution >= 0.6 is 0 Å². The molecule has 0 aromatic heterocycles. The second-order valence-corrected chi connectivity index (χ2v) is 5.31. The van der Waals surface area contributed by atoms with Gasteiger partial charge in [0.05, 0.1) is 13.2 Å². The van der Waals surface area contributed by atoms with Gasteiger partial charge in [0.2, 0.25) is 0 Å². The van der Waals surface area contributed by atoms with Crippen LogP contribution < -0.4 is 10.1 Å². The van der Waals surface area contributed by atoms with E-state index in [0.717, 1.165) is 12.8 Å². The van der Waals surface area contributed by atoms with Crippen LogP contribution in [-0.4, -0.2) is 26.4 Å². The lowest BCUT2D eigenvalue weighted by Gasteiger charge is -2.29. The molecule has 5 heteroatoms. The molecule has 0 spiro atoms. The van der Waals surface area contributed by atoms with Gasteiger partial charge >= 0.3 is 0 Å². The molecule has 0 aliphatic carbocycles. The summed E-state index contributed by atoms with van der Waals surface area (Å²) >= 11 is 0. The van der Waals surface area contributed by atoms with Crippen molar-refractivity contribution in [3.63, 3.8) is 0 Å². The summed E-state index contributed by atoms with van der Waals surface area (Å²) in [4.78, 5) is 0. The molecular formula is C16H23F2NO2. The summed E-state index contributed by atoms with van der Waals surface area (Å²) in [5.74, 6) is -0.870. The number of halogens is 2. The zero-order valence-corrected chi connectivity index (χ0v) is 12.8. The molecule has 1 saturated heterocycles. The van der Waals surface area contributed by atoms with E-state index in [1.807, 2.05) is 13.8 Å². The minimum absolute atomic E-state index is 0.0370. The first kappa shape index (κ1) is 16.2. The van der Waals surface area contributed by atoms with E-state index in [-0.39, 0.29) is 29.4 Å². The summed E-state index contributed by atoms with van der Waals surface area (Å²) in [6.45, 7) is 5.25. The van der Waals surface area contributed by atoms with Crippen molar-refractivity contribution in [2.75, 3.05) is 20.3 Å². The zero-order chi connectivity index (χ0) is 15.4. The number of hydrogen-bond donors (Lipinski definition) is 1. The van der Waals surface area contributed by atoms with E-state index in [0.29, 0.717) is 13.2 Å². The normalized spacial score (nSPS) is 23.3. The molecule has 1 aromatic carbocycles. The van der Waals surface area contributed by atoms with Crippen molar-refractivity contribution in [1.82, 2.24) is 5.32 Å². The fourth-order valence-electron chi connectivity index (χ4n) is 3.13. The predicted molar refractivity (Wildman–Crippen MR) is 77.5 cm³/mol. The number of ether oxygens (including phenoxy) is 2. The third-order valence-electron chi connectivity index (χ3n) is 4.11. The van der Waals surface area contributed by atoms with Gasteiger partial charge in [-0.05, 0) is 19.4 Å². The monoisotopic (exact) mass is 299 g/mol. The number of benzene rings is 1. The largest absolute Gasteiger partial charge is 0.497 e.